The Hall–Kier alpha value is -1.65. The summed E-state index contributed by atoms with van der Waals surface area (Å²) in [4.78, 5) is 0. The molecule has 0 unspecified atom stereocenters. The van der Waals surface area contributed by atoms with Crippen LogP contribution in [0.3, 0.4) is 0 Å². The average Bonchev–Trinajstić information content (AvgIpc) is 3.25. The number of halogens is 1. The molecule has 3 heteroatoms. The summed E-state index contributed by atoms with van der Waals surface area (Å²) >= 11 is 0. The molecule has 0 aromatic heterocycles. The van der Waals surface area contributed by atoms with E-state index < -0.39 is 7.92 Å². The van der Waals surface area contributed by atoms with Crippen LogP contribution in [-0.2, 0) is 16.5 Å². The van der Waals surface area contributed by atoms with Crippen molar-refractivity contribution < 1.29 is 28.9 Å². The van der Waals surface area contributed by atoms with Gasteiger partial charge in [0.25, 0.3) is 0 Å². The minimum absolute atomic E-state index is 0. The molecule has 0 fully saturated rings. The van der Waals surface area contributed by atoms with Crippen LogP contribution in [0.5, 0.6) is 0 Å². The van der Waals surface area contributed by atoms with Crippen molar-refractivity contribution in [1.82, 2.24) is 0 Å². The Morgan fingerprint density at radius 3 is 1.04 bits per heavy atom. The molecule has 136 valence electrons. The van der Waals surface area contributed by atoms with Crippen LogP contribution in [0.15, 0.2) is 115 Å². The van der Waals surface area contributed by atoms with Crippen molar-refractivity contribution in [3.63, 3.8) is 0 Å². The molecule has 4 rings (SSSR count). The van der Waals surface area contributed by atoms with E-state index in [9.17, 15) is 0 Å². The molecule has 3 aromatic carbocycles. The molecule has 0 atom stereocenters. The second-order valence-electron chi connectivity index (χ2n) is 5.43. The Kier molecular flexibility index (Phi) is 10.9. The van der Waals surface area contributed by atoms with Gasteiger partial charge in [-0.05, 0) is 30.3 Å². The smallest absolute Gasteiger partial charge is 0 e. The quantitative estimate of drug-likeness (QED) is 0.447. The number of benzene rings is 3. The Morgan fingerprint density at radius 1 is 0.500 bits per heavy atom. The molecule has 0 aliphatic heterocycles. The molecule has 0 saturated heterocycles. The molecule has 0 saturated carbocycles. The SMILES string of the molecule is C1=CCC=C1.[Cl-].[Ni].c1ccc(P(c2ccccc2)c2ccccc2)cc1. The second-order valence-corrected chi connectivity index (χ2v) is 7.65. The molecular weight excluding hydrogens is 401 g/mol. The van der Waals surface area contributed by atoms with Crippen LogP contribution < -0.4 is 28.3 Å². The van der Waals surface area contributed by atoms with Crippen LogP contribution in [0.4, 0.5) is 0 Å². The summed E-state index contributed by atoms with van der Waals surface area (Å²) in [5.41, 5.74) is 0. The van der Waals surface area contributed by atoms with Gasteiger partial charge in [0.05, 0.1) is 0 Å². The normalized spacial score (nSPS) is 11.1. The van der Waals surface area contributed by atoms with Gasteiger partial charge in [0.2, 0.25) is 0 Å². The van der Waals surface area contributed by atoms with E-state index in [1.165, 1.54) is 15.9 Å². The standard InChI is InChI=1S/C18H15P.C5H6.ClH.Ni/c1-4-10-16(11-5-1)19(17-12-6-2-7-13-17)18-14-8-3-9-15-18;1-2-4-5-3-1;;/h1-15H;1-4H,5H2;1H;/p-1. The van der Waals surface area contributed by atoms with Gasteiger partial charge in [-0.2, -0.15) is 0 Å². The molecule has 0 radical (unpaired) electrons. The fourth-order valence-electron chi connectivity index (χ4n) is 2.57. The van der Waals surface area contributed by atoms with Crippen molar-refractivity contribution >= 4 is 23.8 Å². The van der Waals surface area contributed by atoms with Crippen molar-refractivity contribution in [3.05, 3.63) is 115 Å². The van der Waals surface area contributed by atoms with E-state index in [4.69, 9.17) is 0 Å². The van der Waals surface area contributed by atoms with Crippen LogP contribution in [0.1, 0.15) is 6.42 Å². The summed E-state index contributed by atoms with van der Waals surface area (Å²) < 4.78 is 0. The zero-order valence-corrected chi connectivity index (χ0v) is 17.0. The summed E-state index contributed by atoms with van der Waals surface area (Å²) in [5, 5.41) is 4.19. The Bertz CT molecular complexity index is 682. The first-order valence-electron chi connectivity index (χ1n) is 8.22. The maximum atomic E-state index is 2.23. The number of rotatable bonds is 3. The van der Waals surface area contributed by atoms with Crippen molar-refractivity contribution in [2.75, 3.05) is 0 Å². The fourth-order valence-corrected chi connectivity index (χ4v) is 4.88. The van der Waals surface area contributed by atoms with E-state index in [0.717, 1.165) is 6.42 Å². The minimum Gasteiger partial charge on any atom is -1.00 e. The first-order chi connectivity index (χ1) is 11.9. The van der Waals surface area contributed by atoms with Gasteiger partial charge in [-0.3, -0.25) is 0 Å². The summed E-state index contributed by atoms with van der Waals surface area (Å²) in [6, 6.07) is 32.3. The van der Waals surface area contributed by atoms with E-state index in [0.29, 0.717) is 0 Å². The third-order valence-electron chi connectivity index (χ3n) is 3.70. The zero-order chi connectivity index (χ0) is 16.5. The number of hydrogen-bond donors (Lipinski definition) is 0. The Balaban J connectivity index is 0.000000421. The Labute approximate surface area is 174 Å². The van der Waals surface area contributed by atoms with Crippen LogP contribution in [0.2, 0.25) is 0 Å². The van der Waals surface area contributed by atoms with Gasteiger partial charge >= 0.3 is 0 Å². The predicted octanol–water partition coefficient (Wildman–Crippen LogP) is 1.95. The monoisotopic (exact) mass is 421 g/mol. The van der Waals surface area contributed by atoms with Gasteiger partial charge in [0.1, 0.15) is 0 Å². The molecule has 0 bridgehead atoms. The van der Waals surface area contributed by atoms with Gasteiger partial charge in [-0.15, -0.1) is 0 Å². The van der Waals surface area contributed by atoms with Crippen molar-refractivity contribution in [2.24, 2.45) is 0 Å². The molecule has 0 nitrogen and oxygen atoms in total. The van der Waals surface area contributed by atoms with Gasteiger partial charge < -0.3 is 12.4 Å². The maximum absolute atomic E-state index is 2.23. The van der Waals surface area contributed by atoms with E-state index in [2.05, 4.69) is 115 Å². The molecular formula is C23H21ClNiP-. The van der Waals surface area contributed by atoms with Gasteiger partial charge in [0.15, 0.2) is 0 Å². The van der Waals surface area contributed by atoms with E-state index in [-0.39, 0.29) is 28.9 Å². The third-order valence-corrected chi connectivity index (χ3v) is 6.14. The fraction of sp³-hybridized carbons (Fsp3) is 0.0435. The van der Waals surface area contributed by atoms with Crippen molar-refractivity contribution in [3.8, 4) is 0 Å². The van der Waals surface area contributed by atoms with Gasteiger partial charge in [-0.1, -0.05) is 115 Å². The summed E-state index contributed by atoms with van der Waals surface area (Å²) in [5.74, 6) is 0. The minimum atomic E-state index is -0.446. The molecule has 0 N–H and O–H groups in total. The molecule has 0 heterocycles. The number of hydrogen-bond acceptors (Lipinski definition) is 0. The molecule has 0 spiro atoms. The molecule has 3 aromatic rings. The van der Waals surface area contributed by atoms with Gasteiger partial charge in [0, 0.05) is 16.5 Å². The van der Waals surface area contributed by atoms with E-state index in [1.807, 2.05) is 0 Å². The van der Waals surface area contributed by atoms with Gasteiger partial charge in [-0.25, -0.2) is 0 Å². The summed E-state index contributed by atoms with van der Waals surface area (Å²) in [7, 11) is -0.446. The van der Waals surface area contributed by atoms with Crippen molar-refractivity contribution in [1.29, 1.82) is 0 Å². The van der Waals surface area contributed by atoms with E-state index >= 15 is 0 Å². The summed E-state index contributed by atoms with van der Waals surface area (Å²) in [6.07, 6.45) is 9.50. The maximum Gasteiger partial charge on any atom is 0 e. The predicted molar refractivity (Wildman–Crippen MR) is 108 cm³/mol. The second kappa shape index (κ2) is 12.7. The first-order valence-corrected chi connectivity index (χ1v) is 9.56. The largest absolute Gasteiger partial charge is 1.00 e. The topological polar surface area (TPSA) is 0 Å². The van der Waals surface area contributed by atoms with E-state index in [1.54, 1.807) is 0 Å². The summed E-state index contributed by atoms with van der Waals surface area (Å²) in [6.45, 7) is 0. The van der Waals surface area contributed by atoms with Crippen LogP contribution >= 0.6 is 7.92 Å². The molecule has 1 aliphatic rings. The molecule has 1 aliphatic carbocycles. The number of allylic oxidation sites excluding steroid dienone is 4. The van der Waals surface area contributed by atoms with Crippen LogP contribution in [-0.4, -0.2) is 0 Å². The zero-order valence-electron chi connectivity index (χ0n) is 14.3. The Morgan fingerprint density at radius 2 is 0.808 bits per heavy atom. The molecule has 26 heavy (non-hydrogen) atoms. The average molecular weight is 423 g/mol. The first kappa shape index (κ1) is 22.4. The molecule has 0 amide bonds. The van der Waals surface area contributed by atoms with Crippen LogP contribution in [0, 0.1) is 0 Å². The van der Waals surface area contributed by atoms with Crippen LogP contribution in [0.25, 0.3) is 0 Å². The third kappa shape index (κ3) is 6.58. The van der Waals surface area contributed by atoms with Crippen molar-refractivity contribution in [2.45, 2.75) is 6.42 Å².